The highest BCUT2D eigenvalue weighted by Crippen LogP contribution is 2.46. The zero-order valence-electron chi connectivity index (χ0n) is 9.10. The lowest BCUT2D eigenvalue weighted by molar-refractivity contribution is 0.104. The topological polar surface area (TPSA) is 12.0 Å². The quantitative estimate of drug-likeness (QED) is 0.690. The molecule has 0 spiro atoms. The Bertz CT molecular complexity index is 164. The van der Waals surface area contributed by atoms with Crippen molar-refractivity contribution in [2.45, 2.75) is 58.4 Å². The van der Waals surface area contributed by atoms with Crippen molar-refractivity contribution >= 4 is 0 Å². The van der Waals surface area contributed by atoms with Gasteiger partial charge in [0.25, 0.3) is 0 Å². The van der Waals surface area contributed by atoms with Crippen LogP contribution in [0.15, 0.2) is 0 Å². The van der Waals surface area contributed by atoms with Gasteiger partial charge in [0.15, 0.2) is 0 Å². The molecular formula is C12H23N. The first kappa shape index (κ1) is 9.51. The first-order valence-corrected chi connectivity index (χ1v) is 5.91. The van der Waals surface area contributed by atoms with Gasteiger partial charge in [-0.25, -0.2) is 0 Å². The number of piperidine rings is 1. The molecule has 0 radical (unpaired) electrons. The lowest BCUT2D eigenvalue weighted by Gasteiger charge is -2.42. The average Bonchev–Trinajstić information content (AvgIpc) is 2.06. The van der Waals surface area contributed by atoms with E-state index in [4.69, 9.17) is 0 Å². The summed E-state index contributed by atoms with van der Waals surface area (Å²) in [6, 6.07) is 0.769. The summed E-state index contributed by atoms with van der Waals surface area (Å²) in [4.78, 5) is 0. The van der Waals surface area contributed by atoms with Gasteiger partial charge >= 0.3 is 0 Å². The van der Waals surface area contributed by atoms with Crippen LogP contribution in [-0.4, -0.2) is 12.6 Å². The fourth-order valence-corrected chi connectivity index (χ4v) is 2.91. The zero-order chi connectivity index (χ0) is 9.31. The van der Waals surface area contributed by atoms with E-state index in [0.29, 0.717) is 0 Å². The second-order valence-corrected chi connectivity index (χ2v) is 5.62. The Morgan fingerprint density at radius 3 is 2.54 bits per heavy atom. The van der Waals surface area contributed by atoms with Crippen LogP contribution in [0.2, 0.25) is 0 Å². The molecule has 0 aromatic rings. The molecule has 0 aromatic carbocycles. The third-order valence-electron chi connectivity index (χ3n) is 4.11. The summed E-state index contributed by atoms with van der Waals surface area (Å²) in [5.41, 5.74) is 0.729. The third kappa shape index (κ3) is 2.25. The summed E-state index contributed by atoms with van der Waals surface area (Å²) >= 11 is 0. The van der Waals surface area contributed by atoms with Crippen LogP contribution in [-0.2, 0) is 0 Å². The van der Waals surface area contributed by atoms with Crippen molar-refractivity contribution in [3.8, 4) is 0 Å². The van der Waals surface area contributed by atoms with E-state index in [9.17, 15) is 0 Å². The first-order chi connectivity index (χ1) is 6.18. The van der Waals surface area contributed by atoms with Crippen LogP contribution in [0.5, 0.6) is 0 Å². The smallest absolute Gasteiger partial charge is 0.00389 e. The molecule has 2 unspecified atom stereocenters. The Morgan fingerprint density at radius 2 is 2.08 bits per heavy atom. The van der Waals surface area contributed by atoms with Crippen LogP contribution in [0.4, 0.5) is 0 Å². The van der Waals surface area contributed by atoms with Gasteiger partial charge in [-0.15, -0.1) is 0 Å². The molecule has 1 aliphatic heterocycles. The predicted molar refractivity (Wildman–Crippen MR) is 56.8 cm³/mol. The van der Waals surface area contributed by atoms with E-state index < -0.39 is 0 Å². The van der Waals surface area contributed by atoms with Crippen molar-refractivity contribution in [3.05, 3.63) is 0 Å². The van der Waals surface area contributed by atoms with Gasteiger partial charge in [-0.1, -0.05) is 13.3 Å². The fraction of sp³-hybridized carbons (Fsp3) is 1.00. The number of hydrogen-bond donors (Lipinski definition) is 1. The van der Waals surface area contributed by atoms with Crippen LogP contribution in [0.1, 0.15) is 52.4 Å². The summed E-state index contributed by atoms with van der Waals surface area (Å²) in [7, 11) is 0. The second kappa shape index (κ2) is 3.61. The zero-order valence-corrected chi connectivity index (χ0v) is 9.10. The SMILES string of the molecule is CC1CCC(CC2(C)CCC2)CN1. The molecule has 1 heteroatoms. The van der Waals surface area contributed by atoms with Crippen molar-refractivity contribution in [2.24, 2.45) is 11.3 Å². The van der Waals surface area contributed by atoms with E-state index in [1.807, 2.05) is 0 Å². The van der Waals surface area contributed by atoms with Gasteiger partial charge in [0.05, 0.1) is 0 Å². The van der Waals surface area contributed by atoms with Gasteiger partial charge in [0.2, 0.25) is 0 Å². The van der Waals surface area contributed by atoms with Crippen molar-refractivity contribution in [2.75, 3.05) is 6.54 Å². The minimum Gasteiger partial charge on any atom is -0.314 e. The minimum absolute atomic E-state index is 0.729. The summed E-state index contributed by atoms with van der Waals surface area (Å²) < 4.78 is 0. The standard InChI is InChI=1S/C12H23N/c1-10-4-5-11(9-13-10)8-12(2)6-3-7-12/h10-11,13H,3-9H2,1-2H3. The second-order valence-electron chi connectivity index (χ2n) is 5.62. The molecule has 1 heterocycles. The van der Waals surface area contributed by atoms with E-state index in [2.05, 4.69) is 19.2 Å². The van der Waals surface area contributed by atoms with E-state index in [1.54, 1.807) is 0 Å². The van der Waals surface area contributed by atoms with Gasteiger partial charge in [0, 0.05) is 6.04 Å². The van der Waals surface area contributed by atoms with Crippen molar-refractivity contribution in [1.29, 1.82) is 0 Å². The molecule has 76 valence electrons. The highest BCUT2D eigenvalue weighted by atomic mass is 14.9. The maximum Gasteiger partial charge on any atom is 0.00389 e. The molecule has 2 atom stereocenters. The highest BCUT2D eigenvalue weighted by Gasteiger charge is 2.34. The average molecular weight is 181 g/mol. The molecule has 13 heavy (non-hydrogen) atoms. The van der Waals surface area contributed by atoms with Crippen LogP contribution in [0, 0.1) is 11.3 Å². The van der Waals surface area contributed by atoms with Crippen LogP contribution < -0.4 is 5.32 Å². The monoisotopic (exact) mass is 181 g/mol. The largest absolute Gasteiger partial charge is 0.314 e. The number of nitrogens with one attached hydrogen (secondary N) is 1. The Labute approximate surface area is 82.3 Å². The van der Waals surface area contributed by atoms with Gasteiger partial charge in [-0.05, 0) is 56.9 Å². The summed E-state index contributed by atoms with van der Waals surface area (Å²) in [5.74, 6) is 0.974. The molecule has 1 nitrogen and oxygen atoms in total. The lowest BCUT2D eigenvalue weighted by Crippen LogP contribution is -2.40. The maximum atomic E-state index is 3.60. The molecule has 2 rings (SSSR count). The van der Waals surface area contributed by atoms with Gasteiger partial charge in [-0.2, -0.15) is 0 Å². The molecule has 0 aromatic heterocycles. The maximum absolute atomic E-state index is 3.60. The molecule has 1 saturated carbocycles. The van der Waals surface area contributed by atoms with Crippen LogP contribution in [0.3, 0.4) is 0 Å². The molecule has 1 aliphatic carbocycles. The summed E-state index contributed by atoms with van der Waals surface area (Å²) in [6.07, 6.45) is 8.78. The number of hydrogen-bond acceptors (Lipinski definition) is 1. The van der Waals surface area contributed by atoms with Crippen molar-refractivity contribution in [1.82, 2.24) is 5.32 Å². The molecular weight excluding hydrogens is 158 g/mol. The van der Waals surface area contributed by atoms with Gasteiger partial charge in [0.1, 0.15) is 0 Å². The van der Waals surface area contributed by atoms with Crippen LogP contribution >= 0.6 is 0 Å². The Kier molecular flexibility index (Phi) is 2.64. The first-order valence-electron chi connectivity index (χ1n) is 5.91. The Morgan fingerprint density at radius 1 is 1.31 bits per heavy atom. The van der Waals surface area contributed by atoms with Crippen LogP contribution in [0.25, 0.3) is 0 Å². The van der Waals surface area contributed by atoms with Crippen molar-refractivity contribution < 1.29 is 0 Å². The van der Waals surface area contributed by atoms with E-state index >= 15 is 0 Å². The molecule has 2 fully saturated rings. The lowest BCUT2D eigenvalue weighted by atomic mass is 9.65. The Balaban J connectivity index is 1.76. The van der Waals surface area contributed by atoms with E-state index in [-0.39, 0.29) is 0 Å². The summed E-state index contributed by atoms with van der Waals surface area (Å²) in [5, 5.41) is 3.60. The molecule has 1 N–H and O–H groups in total. The third-order valence-corrected chi connectivity index (χ3v) is 4.11. The normalized spacial score (nSPS) is 38.3. The molecule has 2 aliphatic rings. The molecule has 0 amide bonds. The highest BCUT2D eigenvalue weighted by molar-refractivity contribution is 4.87. The number of rotatable bonds is 2. The van der Waals surface area contributed by atoms with Crippen molar-refractivity contribution in [3.63, 3.8) is 0 Å². The minimum atomic E-state index is 0.729. The van der Waals surface area contributed by atoms with Gasteiger partial charge < -0.3 is 5.32 Å². The fourth-order valence-electron chi connectivity index (χ4n) is 2.91. The Hall–Kier alpha value is -0.0400. The summed E-state index contributed by atoms with van der Waals surface area (Å²) in [6.45, 7) is 6.06. The molecule has 1 saturated heterocycles. The van der Waals surface area contributed by atoms with E-state index in [0.717, 1.165) is 17.4 Å². The molecule has 0 bridgehead atoms. The van der Waals surface area contributed by atoms with E-state index in [1.165, 1.54) is 45.1 Å². The van der Waals surface area contributed by atoms with Gasteiger partial charge in [-0.3, -0.25) is 0 Å². The predicted octanol–water partition coefficient (Wildman–Crippen LogP) is 2.95.